The molecule has 0 fully saturated rings. The largest absolute Gasteiger partial charge is 0.292 e. The third-order valence-electron chi connectivity index (χ3n) is 1.48. The number of carbonyl (C=O) groups is 1. The van der Waals surface area contributed by atoms with Gasteiger partial charge in [0.1, 0.15) is 0 Å². The first kappa shape index (κ1) is 14.3. The molecule has 0 aromatic carbocycles. The molecule has 0 spiro atoms. The minimum atomic E-state index is -0.0908. The van der Waals surface area contributed by atoms with E-state index in [1.165, 1.54) is 0 Å². The second-order valence-electron chi connectivity index (χ2n) is 2.55. The van der Waals surface area contributed by atoms with Gasteiger partial charge in [0.05, 0.1) is 12.7 Å². The van der Waals surface area contributed by atoms with Crippen molar-refractivity contribution in [3.8, 4) is 0 Å². The number of rotatable bonds is 5. The van der Waals surface area contributed by atoms with Crippen molar-refractivity contribution in [2.75, 3.05) is 0 Å². The predicted molar refractivity (Wildman–Crippen MR) is 71.1 cm³/mol. The van der Waals surface area contributed by atoms with Gasteiger partial charge in [-0.05, 0) is 54.2 Å². The van der Waals surface area contributed by atoms with Crippen LogP contribution in [0.4, 0.5) is 0 Å². The molecule has 1 atom stereocenters. The van der Waals surface area contributed by atoms with Crippen molar-refractivity contribution in [2.24, 2.45) is 0 Å². The first-order valence-corrected chi connectivity index (χ1v) is 7.19. The second-order valence-corrected chi connectivity index (χ2v) is 7.10. The fourth-order valence-electron chi connectivity index (χ4n) is 0.745. The van der Waals surface area contributed by atoms with E-state index in [2.05, 4.69) is 70.6 Å². The summed E-state index contributed by atoms with van der Waals surface area (Å²) in [6, 6.07) is 0. The number of Topliss-reactive ketones (excluding diaryl/α,β-unsaturated/α-hetero) is 1. The summed E-state index contributed by atoms with van der Waals surface area (Å²) >= 11 is 12.9. The summed E-state index contributed by atoms with van der Waals surface area (Å²) in [6.45, 7) is 2.11. The zero-order valence-corrected chi connectivity index (χ0v) is 13.5. The topological polar surface area (TPSA) is 17.1 Å². The van der Waals surface area contributed by atoms with E-state index in [9.17, 15) is 4.79 Å². The molecule has 1 nitrogen and oxygen atoms in total. The summed E-state index contributed by atoms with van der Waals surface area (Å²) in [5.74, 6) is 0.0669. The smallest absolute Gasteiger partial charge is 0.185 e. The third kappa shape index (κ3) is 5.70. The zero-order chi connectivity index (χ0) is 10.4. The molecule has 0 aliphatic carbocycles. The monoisotopic (exact) mass is 438 g/mol. The van der Waals surface area contributed by atoms with Crippen LogP contribution in [0.1, 0.15) is 26.2 Å². The quantitative estimate of drug-likeness (QED) is 0.440. The lowest BCUT2D eigenvalue weighted by atomic mass is 10.1. The molecular formula is C8H10Br4O. The molecule has 0 bridgehead atoms. The van der Waals surface area contributed by atoms with Crippen LogP contribution in [0.5, 0.6) is 0 Å². The number of unbranched alkanes of at least 4 members (excludes halogenated alkanes) is 1. The molecule has 0 aliphatic heterocycles. The highest BCUT2D eigenvalue weighted by molar-refractivity contribution is 9.29. The van der Waals surface area contributed by atoms with Crippen molar-refractivity contribution in [2.45, 2.75) is 31.0 Å². The van der Waals surface area contributed by atoms with Gasteiger partial charge < -0.3 is 0 Å². The van der Waals surface area contributed by atoms with Crippen LogP contribution in [-0.4, -0.2) is 10.6 Å². The Hall–Kier alpha value is 1.33. The van der Waals surface area contributed by atoms with Gasteiger partial charge in [-0.2, -0.15) is 0 Å². The Morgan fingerprint density at radius 2 is 1.85 bits per heavy atom. The van der Waals surface area contributed by atoms with E-state index in [1.807, 2.05) is 0 Å². The van der Waals surface area contributed by atoms with Gasteiger partial charge in [-0.1, -0.05) is 35.7 Å². The Morgan fingerprint density at radius 3 is 2.23 bits per heavy atom. The first-order chi connectivity index (χ1) is 6.00. The summed E-state index contributed by atoms with van der Waals surface area (Å²) in [4.78, 5) is 11.5. The summed E-state index contributed by atoms with van der Waals surface area (Å²) < 4.78 is 1.21. The first-order valence-electron chi connectivity index (χ1n) is 3.89. The van der Waals surface area contributed by atoms with Crippen molar-refractivity contribution in [1.82, 2.24) is 0 Å². The highest BCUT2D eigenvalue weighted by atomic mass is 79.9. The van der Waals surface area contributed by atoms with Crippen LogP contribution in [0, 0.1) is 0 Å². The molecule has 0 N–H and O–H groups in total. The molecule has 0 saturated heterocycles. The van der Waals surface area contributed by atoms with Gasteiger partial charge in [0, 0.05) is 0 Å². The molecule has 0 radical (unpaired) electrons. The number of hydrogen-bond donors (Lipinski definition) is 0. The number of carbonyl (C=O) groups excluding carboxylic acids is 1. The average Bonchev–Trinajstić information content (AvgIpc) is 2.11. The highest BCUT2D eigenvalue weighted by Gasteiger charge is 2.18. The van der Waals surface area contributed by atoms with Crippen LogP contribution < -0.4 is 0 Å². The normalized spacial score (nSPS) is 12.4. The van der Waals surface area contributed by atoms with Crippen molar-refractivity contribution >= 4 is 69.5 Å². The Balaban J connectivity index is 4.19. The van der Waals surface area contributed by atoms with Crippen molar-refractivity contribution in [1.29, 1.82) is 0 Å². The Kier molecular flexibility index (Phi) is 8.38. The lowest BCUT2D eigenvalue weighted by Crippen LogP contribution is -2.13. The second kappa shape index (κ2) is 7.60. The summed E-state index contributed by atoms with van der Waals surface area (Å²) in [6.07, 6.45) is 3.03. The fraction of sp³-hybridized carbons (Fsp3) is 0.625. The third-order valence-corrected chi connectivity index (χ3v) is 5.00. The lowest BCUT2D eigenvalue weighted by molar-refractivity contribution is -0.114. The molecule has 1 unspecified atom stereocenters. The average molecular weight is 442 g/mol. The molecule has 0 aromatic rings. The van der Waals surface area contributed by atoms with Crippen LogP contribution >= 0.6 is 63.7 Å². The van der Waals surface area contributed by atoms with Crippen molar-refractivity contribution in [3.05, 3.63) is 7.87 Å². The van der Waals surface area contributed by atoms with Gasteiger partial charge in [0.15, 0.2) is 5.78 Å². The lowest BCUT2D eigenvalue weighted by Gasteiger charge is -2.07. The number of ketones is 1. The standard InChI is InChI=1S/C8H10Br4O/c1-2-3-4-5(9)7(13)6(10)8(11)12/h5H,2-4H2,1H3. The predicted octanol–water partition coefficient (Wildman–Crippen LogP) is 4.86. The highest BCUT2D eigenvalue weighted by Crippen LogP contribution is 2.28. The molecule has 0 heterocycles. The minimum absolute atomic E-state index is 0.0669. The van der Waals surface area contributed by atoms with Crippen LogP contribution in [0.2, 0.25) is 0 Å². The van der Waals surface area contributed by atoms with Crippen LogP contribution in [0.15, 0.2) is 7.87 Å². The molecule has 13 heavy (non-hydrogen) atoms. The summed E-state index contributed by atoms with van der Waals surface area (Å²) in [7, 11) is 0. The maximum atomic E-state index is 11.6. The van der Waals surface area contributed by atoms with Gasteiger partial charge in [-0.3, -0.25) is 4.79 Å². The van der Waals surface area contributed by atoms with Crippen molar-refractivity contribution in [3.63, 3.8) is 0 Å². The molecular weight excluding hydrogens is 432 g/mol. The molecule has 0 rings (SSSR count). The van der Waals surface area contributed by atoms with E-state index < -0.39 is 0 Å². The van der Waals surface area contributed by atoms with E-state index in [-0.39, 0.29) is 10.6 Å². The number of alkyl halides is 1. The van der Waals surface area contributed by atoms with E-state index >= 15 is 0 Å². The molecule has 0 aliphatic rings. The molecule has 76 valence electrons. The maximum absolute atomic E-state index is 11.6. The molecule has 5 heteroatoms. The Bertz CT molecular complexity index is 208. The van der Waals surface area contributed by atoms with E-state index in [0.717, 1.165) is 19.3 Å². The molecule has 0 saturated carbocycles. The summed E-state index contributed by atoms with van der Waals surface area (Å²) in [5.41, 5.74) is 0. The number of hydrogen-bond acceptors (Lipinski definition) is 1. The minimum Gasteiger partial charge on any atom is -0.292 e. The van der Waals surface area contributed by atoms with Gasteiger partial charge in [-0.15, -0.1) is 0 Å². The molecule has 0 aromatic heterocycles. The van der Waals surface area contributed by atoms with Gasteiger partial charge in [-0.25, -0.2) is 0 Å². The SMILES string of the molecule is CCCCC(Br)C(=O)C(Br)=C(Br)Br. The fourth-order valence-corrected chi connectivity index (χ4v) is 2.27. The van der Waals surface area contributed by atoms with Crippen LogP contribution in [0.25, 0.3) is 0 Å². The van der Waals surface area contributed by atoms with Crippen LogP contribution in [-0.2, 0) is 4.79 Å². The van der Waals surface area contributed by atoms with Gasteiger partial charge in [0.2, 0.25) is 0 Å². The number of halogens is 4. The zero-order valence-electron chi connectivity index (χ0n) is 7.12. The van der Waals surface area contributed by atoms with E-state index in [0.29, 0.717) is 7.87 Å². The van der Waals surface area contributed by atoms with Crippen LogP contribution in [0.3, 0.4) is 0 Å². The Labute approximate surface area is 112 Å². The summed E-state index contributed by atoms with van der Waals surface area (Å²) in [5, 5.41) is 0. The van der Waals surface area contributed by atoms with Crippen molar-refractivity contribution < 1.29 is 4.79 Å². The maximum Gasteiger partial charge on any atom is 0.185 e. The van der Waals surface area contributed by atoms with E-state index in [4.69, 9.17) is 0 Å². The van der Waals surface area contributed by atoms with Gasteiger partial charge >= 0.3 is 0 Å². The van der Waals surface area contributed by atoms with Gasteiger partial charge in [0.25, 0.3) is 0 Å². The number of allylic oxidation sites excluding steroid dienone is 1. The van der Waals surface area contributed by atoms with E-state index in [1.54, 1.807) is 0 Å². The Morgan fingerprint density at radius 1 is 1.31 bits per heavy atom. The molecule has 0 amide bonds.